The minimum Gasteiger partial charge on any atom is -0.484 e. The van der Waals surface area contributed by atoms with Crippen molar-refractivity contribution in [1.29, 1.82) is 0 Å². The minimum atomic E-state index is -0.194. The lowest BCUT2D eigenvalue weighted by atomic mass is 10.1. The summed E-state index contributed by atoms with van der Waals surface area (Å²) in [5.41, 5.74) is 3.77. The fourth-order valence-corrected chi connectivity index (χ4v) is 2.20. The van der Waals surface area contributed by atoms with E-state index in [1.54, 1.807) is 6.20 Å². The van der Waals surface area contributed by atoms with E-state index in [0.29, 0.717) is 5.75 Å². The first-order valence-corrected chi connectivity index (χ1v) is 7.30. The van der Waals surface area contributed by atoms with Crippen LogP contribution in [0.15, 0.2) is 60.8 Å². The molecule has 23 heavy (non-hydrogen) atoms. The molecule has 1 amide bonds. The van der Waals surface area contributed by atoms with Crippen LogP contribution < -0.4 is 10.1 Å². The molecule has 2 aromatic carbocycles. The van der Waals surface area contributed by atoms with Crippen molar-refractivity contribution in [3.63, 3.8) is 0 Å². The van der Waals surface area contributed by atoms with Crippen LogP contribution in [-0.2, 0) is 4.79 Å². The third-order valence-corrected chi connectivity index (χ3v) is 3.34. The number of aromatic nitrogens is 2. The fourth-order valence-electron chi connectivity index (χ4n) is 2.20. The van der Waals surface area contributed by atoms with Crippen LogP contribution in [0.5, 0.6) is 5.75 Å². The van der Waals surface area contributed by atoms with Crippen LogP contribution in [0.4, 0.5) is 5.69 Å². The number of anilines is 1. The van der Waals surface area contributed by atoms with Gasteiger partial charge in [0.2, 0.25) is 0 Å². The topological polar surface area (TPSA) is 67.0 Å². The number of hydrogen-bond donors (Lipinski definition) is 2. The van der Waals surface area contributed by atoms with Crippen molar-refractivity contribution in [2.45, 2.75) is 6.92 Å². The van der Waals surface area contributed by atoms with Crippen molar-refractivity contribution in [2.75, 3.05) is 11.9 Å². The Morgan fingerprint density at radius 2 is 2.00 bits per heavy atom. The van der Waals surface area contributed by atoms with Crippen LogP contribution >= 0.6 is 0 Å². The van der Waals surface area contributed by atoms with Gasteiger partial charge < -0.3 is 10.1 Å². The number of H-pyrrole nitrogens is 1. The standard InChI is InChI=1S/C18H17N3O2/c1-13-3-2-4-16(11-13)23-12-18(22)20-15-7-5-14(6-8-15)17-9-10-19-21-17/h2-11H,12H2,1H3,(H,19,21)(H,20,22). The third-order valence-electron chi connectivity index (χ3n) is 3.34. The number of aryl methyl sites for hydroxylation is 1. The lowest BCUT2D eigenvalue weighted by Gasteiger charge is -2.08. The maximum Gasteiger partial charge on any atom is 0.262 e. The predicted octanol–water partition coefficient (Wildman–Crippen LogP) is 3.40. The van der Waals surface area contributed by atoms with E-state index < -0.39 is 0 Å². The second kappa shape index (κ2) is 6.79. The zero-order chi connectivity index (χ0) is 16.1. The van der Waals surface area contributed by atoms with Gasteiger partial charge in [0.1, 0.15) is 5.75 Å². The maximum absolute atomic E-state index is 11.9. The molecule has 0 atom stereocenters. The molecule has 0 spiro atoms. The molecule has 0 unspecified atom stereocenters. The zero-order valence-corrected chi connectivity index (χ0v) is 12.7. The van der Waals surface area contributed by atoms with E-state index in [1.807, 2.05) is 61.5 Å². The van der Waals surface area contributed by atoms with Gasteiger partial charge in [-0.2, -0.15) is 5.10 Å². The molecule has 0 aliphatic rings. The highest BCUT2D eigenvalue weighted by molar-refractivity contribution is 5.92. The van der Waals surface area contributed by atoms with Gasteiger partial charge in [-0.25, -0.2) is 0 Å². The monoisotopic (exact) mass is 307 g/mol. The Balaban J connectivity index is 1.55. The Kier molecular flexibility index (Phi) is 4.38. The maximum atomic E-state index is 11.9. The lowest BCUT2D eigenvalue weighted by molar-refractivity contribution is -0.118. The van der Waals surface area contributed by atoms with Crippen LogP contribution in [0.25, 0.3) is 11.3 Å². The molecular formula is C18H17N3O2. The van der Waals surface area contributed by atoms with Crippen LogP contribution in [0.1, 0.15) is 5.56 Å². The SMILES string of the molecule is Cc1cccc(OCC(=O)Nc2ccc(-c3ccn[nH]3)cc2)c1. The van der Waals surface area contributed by atoms with Gasteiger partial charge in [-0.15, -0.1) is 0 Å². The first-order valence-electron chi connectivity index (χ1n) is 7.30. The highest BCUT2D eigenvalue weighted by Crippen LogP contribution is 2.19. The molecular weight excluding hydrogens is 290 g/mol. The summed E-state index contributed by atoms with van der Waals surface area (Å²) >= 11 is 0. The summed E-state index contributed by atoms with van der Waals surface area (Å²) in [6.45, 7) is 1.96. The van der Waals surface area contributed by atoms with E-state index in [2.05, 4.69) is 15.5 Å². The third kappa shape index (κ3) is 3.97. The van der Waals surface area contributed by atoms with E-state index in [-0.39, 0.29) is 12.5 Å². The normalized spacial score (nSPS) is 10.3. The second-order valence-electron chi connectivity index (χ2n) is 5.20. The molecule has 0 aliphatic carbocycles. The molecule has 1 aromatic heterocycles. The molecule has 0 fully saturated rings. The number of benzene rings is 2. The molecule has 0 saturated carbocycles. The summed E-state index contributed by atoms with van der Waals surface area (Å²) in [6, 6.07) is 17.0. The largest absolute Gasteiger partial charge is 0.484 e. The Morgan fingerprint density at radius 3 is 2.70 bits per heavy atom. The minimum absolute atomic E-state index is 0.0221. The summed E-state index contributed by atoms with van der Waals surface area (Å²) in [4.78, 5) is 11.9. The average molecular weight is 307 g/mol. The number of nitrogens with zero attached hydrogens (tertiary/aromatic N) is 1. The molecule has 2 N–H and O–H groups in total. The molecule has 0 saturated heterocycles. The average Bonchev–Trinajstić information content (AvgIpc) is 3.08. The van der Waals surface area contributed by atoms with E-state index in [1.165, 1.54) is 0 Å². The Bertz CT molecular complexity index is 780. The van der Waals surface area contributed by atoms with Gasteiger partial charge in [-0.05, 0) is 48.4 Å². The smallest absolute Gasteiger partial charge is 0.262 e. The summed E-state index contributed by atoms with van der Waals surface area (Å²) in [5, 5.41) is 9.63. The van der Waals surface area contributed by atoms with Gasteiger partial charge in [-0.3, -0.25) is 9.89 Å². The second-order valence-corrected chi connectivity index (χ2v) is 5.20. The van der Waals surface area contributed by atoms with Gasteiger partial charge in [-0.1, -0.05) is 24.3 Å². The van der Waals surface area contributed by atoms with Crippen LogP contribution in [0.2, 0.25) is 0 Å². The molecule has 3 aromatic rings. The predicted molar refractivity (Wildman–Crippen MR) is 89.3 cm³/mol. The molecule has 0 bridgehead atoms. The fraction of sp³-hybridized carbons (Fsp3) is 0.111. The van der Waals surface area contributed by atoms with Gasteiger partial charge in [0.15, 0.2) is 6.61 Å². The lowest BCUT2D eigenvalue weighted by Crippen LogP contribution is -2.20. The van der Waals surface area contributed by atoms with E-state index in [0.717, 1.165) is 22.5 Å². The Labute approximate surface area is 134 Å². The van der Waals surface area contributed by atoms with Crippen molar-refractivity contribution in [3.05, 3.63) is 66.4 Å². The van der Waals surface area contributed by atoms with E-state index >= 15 is 0 Å². The van der Waals surface area contributed by atoms with Crippen molar-refractivity contribution in [2.24, 2.45) is 0 Å². The molecule has 116 valence electrons. The number of carbonyl (C=O) groups excluding carboxylic acids is 1. The van der Waals surface area contributed by atoms with Crippen LogP contribution in [0, 0.1) is 6.92 Å². The van der Waals surface area contributed by atoms with Gasteiger partial charge in [0.25, 0.3) is 5.91 Å². The Hall–Kier alpha value is -3.08. The number of rotatable bonds is 5. The Morgan fingerprint density at radius 1 is 1.17 bits per heavy atom. The van der Waals surface area contributed by atoms with Crippen molar-refractivity contribution in [3.8, 4) is 17.0 Å². The van der Waals surface area contributed by atoms with Crippen molar-refractivity contribution in [1.82, 2.24) is 10.2 Å². The highest BCUT2D eigenvalue weighted by Gasteiger charge is 2.05. The molecule has 0 aliphatic heterocycles. The molecule has 0 radical (unpaired) electrons. The number of amides is 1. The molecule has 3 rings (SSSR count). The van der Waals surface area contributed by atoms with Gasteiger partial charge in [0, 0.05) is 11.9 Å². The summed E-state index contributed by atoms with van der Waals surface area (Å²) < 4.78 is 5.48. The quantitative estimate of drug-likeness (QED) is 0.759. The number of hydrogen-bond acceptors (Lipinski definition) is 3. The van der Waals surface area contributed by atoms with Crippen molar-refractivity contribution >= 4 is 11.6 Å². The number of carbonyl (C=O) groups is 1. The van der Waals surface area contributed by atoms with Crippen molar-refractivity contribution < 1.29 is 9.53 Å². The molecule has 5 nitrogen and oxygen atoms in total. The summed E-state index contributed by atoms with van der Waals surface area (Å²) in [6.07, 6.45) is 1.70. The first-order chi connectivity index (χ1) is 11.2. The number of aromatic amines is 1. The molecule has 1 heterocycles. The molecule has 5 heteroatoms. The van der Waals surface area contributed by atoms with Gasteiger partial charge in [0.05, 0.1) is 5.69 Å². The summed E-state index contributed by atoms with van der Waals surface area (Å²) in [7, 11) is 0. The number of nitrogens with one attached hydrogen (secondary N) is 2. The van der Waals surface area contributed by atoms with Crippen LogP contribution in [-0.4, -0.2) is 22.7 Å². The number of ether oxygens (including phenoxy) is 1. The van der Waals surface area contributed by atoms with Crippen LogP contribution in [0.3, 0.4) is 0 Å². The highest BCUT2D eigenvalue weighted by atomic mass is 16.5. The zero-order valence-electron chi connectivity index (χ0n) is 12.7. The van der Waals surface area contributed by atoms with E-state index in [4.69, 9.17) is 4.74 Å². The summed E-state index contributed by atoms with van der Waals surface area (Å²) in [5.74, 6) is 0.496. The van der Waals surface area contributed by atoms with E-state index in [9.17, 15) is 4.79 Å². The van der Waals surface area contributed by atoms with Gasteiger partial charge >= 0.3 is 0 Å². The first kappa shape index (κ1) is 14.8.